The van der Waals surface area contributed by atoms with Crippen LogP contribution in [0.4, 0.5) is 17.4 Å². The van der Waals surface area contributed by atoms with Crippen LogP contribution in [0.3, 0.4) is 0 Å². The topological polar surface area (TPSA) is 61.6 Å². The minimum Gasteiger partial charge on any atom is -0.423 e. The zero-order chi connectivity index (χ0) is 20.2. The summed E-state index contributed by atoms with van der Waals surface area (Å²) in [6, 6.07) is 16.5. The molecule has 1 aromatic heterocycles. The van der Waals surface area contributed by atoms with Crippen molar-refractivity contribution < 1.29 is 9.21 Å². The average molecular weight is 393 g/mol. The monoisotopic (exact) mass is 392 g/mol. The van der Waals surface area contributed by atoms with E-state index in [-0.39, 0.29) is 11.8 Å². The molecule has 1 aliphatic heterocycles. The summed E-state index contributed by atoms with van der Waals surface area (Å²) in [7, 11) is 0. The van der Waals surface area contributed by atoms with E-state index in [1.165, 1.54) is 5.69 Å². The van der Waals surface area contributed by atoms with Gasteiger partial charge in [-0.15, -0.1) is 0 Å². The molecule has 0 unspecified atom stereocenters. The highest BCUT2D eigenvalue weighted by molar-refractivity contribution is 5.92. The van der Waals surface area contributed by atoms with Gasteiger partial charge in [-0.3, -0.25) is 4.79 Å². The highest BCUT2D eigenvalue weighted by Crippen LogP contribution is 2.27. The number of fused-ring (bicyclic) bond motifs is 1. The average Bonchev–Trinajstić information content (AvgIpc) is 3.20. The quantitative estimate of drug-likeness (QED) is 0.668. The molecule has 1 aliphatic rings. The van der Waals surface area contributed by atoms with E-state index in [0.29, 0.717) is 6.01 Å². The van der Waals surface area contributed by atoms with Crippen LogP contribution in [0.1, 0.15) is 26.7 Å². The van der Waals surface area contributed by atoms with Crippen LogP contribution in [0.15, 0.2) is 52.9 Å². The summed E-state index contributed by atoms with van der Waals surface area (Å²) in [6.07, 6.45) is 1.59. The first-order valence-electron chi connectivity index (χ1n) is 10.4. The Labute approximate surface area is 171 Å². The van der Waals surface area contributed by atoms with Crippen molar-refractivity contribution in [2.45, 2.75) is 26.7 Å². The van der Waals surface area contributed by atoms with Gasteiger partial charge >= 0.3 is 0 Å². The molecule has 1 saturated heterocycles. The molecule has 2 heterocycles. The van der Waals surface area contributed by atoms with Crippen molar-refractivity contribution in [2.75, 3.05) is 41.3 Å². The highest BCUT2D eigenvalue weighted by Gasteiger charge is 2.27. The molecule has 152 valence electrons. The summed E-state index contributed by atoms with van der Waals surface area (Å²) in [5, 5.41) is 3.07. The molecule has 0 atom stereocenters. The molecule has 0 saturated carbocycles. The fourth-order valence-electron chi connectivity index (χ4n) is 3.92. The summed E-state index contributed by atoms with van der Waals surface area (Å²) >= 11 is 0. The van der Waals surface area contributed by atoms with Crippen LogP contribution in [0.25, 0.3) is 11.1 Å². The first-order valence-corrected chi connectivity index (χ1v) is 10.4. The zero-order valence-electron chi connectivity index (χ0n) is 17.1. The summed E-state index contributed by atoms with van der Waals surface area (Å²) in [5.41, 5.74) is 3.71. The molecule has 0 aliphatic carbocycles. The molecule has 3 aromatic rings. The molecule has 1 N–H and O–H groups in total. The standard InChI is InChI=1S/C23H28N4O2/c1-3-26(4-2)19-11-9-18(10-12-19)24-22(28)17-13-15-27(16-14-17)23-25-20-7-5-6-8-21(20)29-23/h5-12,17H,3-4,13-16H2,1-2H3,(H,24,28). The number of anilines is 3. The van der Waals surface area contributed by atoms with Crippen LogP contribution >= 0.6 is 0 Å². The molecule has 0 bridgehead atoms. The molecule has 0 radical (unpaired) electrons. The molecule has 6 heteroatoms. The summed E-state index contributed by atoms with van der Waals surface area (Å²) < 4.78 is 5.86. The Morgan fingerprint density at radius 1 is 1.10 bits per heavy atom. The van der Waals surface area contributed by atoms with Crippen molar-refractivity contribution >= 4 is 34.4 Å². The Morgan fingerprint density at radius 2 is 1.79 bits per heavy atom. The number of rotatable bonds is 6. The van der Waals surface area contributed by atoms with E-state index < -0.39 is 0 Å². The number of aromatic nitrogens is 1. The number of oxazole rings is 1. The minimum atomic E-state index is 0.0121. The number of benzene rings is 2. The predicted octanol–water partition coefficient (Wildman–Crippen LogP) is 4.53. The third-order valence-corrected chi connectivity index (χ3v) is 5.68. The van der Waals surface area contributed by atoms with Crippen LogP contribution in [-0.2, 0) is 4.79 Å². The van der Waals surface area contributed by atoms with Crippen molar-refractivity contribution in [3.8, 4) is 0 Å². The molecular formula is C23H28N4O2. The minimum absolute atomic E-state index is 0.0121. The number of nitrogens with zero attached hydrogens (tertiary/aromatic N) is 3. The number of para-hydroxylation sites is 2. The number of carbonyl (C=O) groups excluding carboxylic acids is 1. The van der Waals surface area contributed by atoms with Crippen molar-refractivity contribution in [3.63, 3.8) is 0 Å². The lowest BCUT2D eigenvalue weighted by Crippen LogP contribution is -2.38. The Balaban J connectivity index is 1.33. The molecule has 2 aromatic carbocycles. The van der Waals surface area contributed by atoms with Crippen molar-refractivity contribution in [1.82, 2.24) is 4.98 Å². The van der Waals surface area contributed by atoms with E-state index in [0.717, 1.165) is 55.8 Å². The van der Waals surface area contributed by atoms with E-state index in [4.69, 9.17) is 4.42 Å². The van der Waals surface area contributed by atoms with E-state index in [1.54, 1.807) is 0 Å². The van der Waals surface area contributed by atoms with Gasteiger partial charge in [-0.2, -0.15) is 4.98 Å². The molecule has 0 spiro atoms. The zero-order valence-corrected chi connectivity index (χ0v) is 17.1. The largest absolute Gasteiger partial charge is 0.423 e. The third-order valence-electron chi connectivity index (χ3n) is 5.68. The molecule has 1 amide bonds. The van der Waals surface area contributed by atoms with Crippen molar-refractivity contribution in [3.05, 3.63) is 48.5 Å². The maximum absolute atomic E-state index is 12.7. The maximum Gasteiger partial charge on any atom is 0.298 e. The lowest BCUT2D eigenvalue weighted by atomic mass is 9.96. The van der Waals surface area contributed by atoms with Crippen LogP contribution in [-0.4, -0.2) is 37.1 Å². The lowest BCUT2D eigenvalue weighted by molar-refractivity contribution is -0.120. The molecule has 4 rings (SSSR count). The summed E-state index contributed by atoms with van der Waals surface area (Å²) in [5.74, 6) is 0.107. The number of amides is 1. The van der Waals surface area contributed by atoms with E-state index in [9.17, 15) is 4.79 Å². The Kier molecular flexibility index (Phi) is 5.69. The van der Waals surface area contributed by atoms with E-state index in [1.807, 2.05) is 36.4 Å². The second-order valence-electron chi connectivity index (χ2n) is 7.43. The van der Waals surface area contributed by atoms with Gasteiger partial charge in [-0.1, -0.05) is 12.1 Å². The van der Waals surface area contributed by atoms with Crippen molar-refractivity contribution in [2.24, 2.45) is 5.92 Å². The van der Waals surface area contributed by atoms with Crippen LogP contribution in [0.5, 0.6) is 0 Å². The molecule has 1 fully saturated rings. The molecule has 6 nitrogen and oxygen atoms in total. The first kappa shape index (κ1) is 19.3. The Hall–Kier alpha value is -3.02. The lowest BCUT2D eigenvalue weighted by Gasteiger charge is -2.30. The number of piperidine rings is 1. The van der Waals surface area contributed by atoms with E-state index >= 15 is 0 Å². The first-order chi connectivity index (χ1) is 14.2. The summed E-state index contributed by atoms with van der Waals surface area (Å²) in [4.78, 5) is 21.7. The fourth-order valence-corrected chi connectivity index (χ4v) is 3.92. The predicted molar refractivity (Wildman–Crippen MR) is 118 cm³/mol. The van der Waals surface area contributed by atoms with Gasteiger partial charge in [0, 0.05) is 43.5 Å². The van der Waals surface area contributed by atoms with Crippen LogP contribution in [0.2, 0.25) is 0 Å². The number of carbonyl (C=O) groups is 1. The number of hydrogen-bond acceptors (Lipinski definition) is 5. The van der Waals surface area contributed by atoms with Gasteiger partial charge in [0.2, 0.25) is 5.91 Å². The molecular weight excluding hydrogens is 364 g/mol. The van der Waals surface area contributed by atoms with Crippen molar-refractivity contribution in [1.29, 1.82) is 0 Å². The second kappa shape index (κ2) is 8.55. The van der Waals surface area contributed by atoms with Crippen LogP contribution in [0, 0.1) is 5.92 Å². The van der Waals surface area contributed by atoms with Gasteiger partial charge in [0.15, 0.2) is 5.58 Å². The maximum atomic E-state index is 12.7. The molecule has 29 heavy (non-hydrogen) atoms. The van der Waals surface area contributed by atoms with Gasteiger partial charge in [0.25, 0.3) is 6.01 Å². The van der Waals surface area contributed by atoms with Gasteiger partial charge in [-0.25, -0.2) is 0 Å². The van der Waals surface area contributed by atoms with Gasteiger partial charge in [0.05, 0.1) is 0 Å². The van der Waals surface area contributed by atoms with Crippen LogP contribution < -0.4 is 15.1 Å². The second-order valence-corrected chi connectivity index (χ2v) is 7.43. The number of hydrogen-bond donors (Lipinski definition) is 1. The number of nitrogens with one attached hydrogen (secondary N) is 1. The SMILES string of the molecule is CCN(CC)c1ccc(NC(=O)C2CCN(c3nc4ccccc4o3)CC2)cc1. The van der Waals surface area contributed by atoms with Gasteiger partial charge in [0.1, 0.15) is 5.52 Å². The smallest absolute Gasteiger partial charge is 0.298 e. The van der Waals surface area contributed by atoms with Gasteiger partial charge in [-0.05, 0) is 63.1 Å². The Bertz CT molecular complexity index is 921. The normalized spacial score (nSPS) is 14.9. The van der Waals surface area contributed by atoms with Gasteiger partial charge < -0.3 is 19.5 Å². The van der Waals surface area contributed by atoms with E-state index in [2.05, 4.69) is 46.1 Å². The summed E-state index contributed by atoms with van der Waals surface area (Å²) in [6.45, 7) is 7.78. The Morgan fingerprint density at radius 3 is 2.45 bits per heavy atom. The highest BCUT2D eigenvalue weighted by atomic mass is 16.4. The fraction of sp³-hybridized carbons (Fsp3) is 0.391. The third kappa shape index (κ3) is 4.21.